The number of hydrogen-bond donors (Lipinski definition) is 1. The van der Waals surface area contributed by atoms with Crippen LogP contribution in [-0.4, -0.2) is 38.0 Å². The average Bonchev–Trinajstić information content (AvgIpc) is 2.85. The van der Waals surface area contributed by atoms with E-state index in [2.05, 4.69) is 17.1 Å². The van der Waals surface area contributed by atoms with Gasteiger partial charge in [-0.05, 0) is 48.9 Å². The maximum absolute atomic E-state index is 14.4. The van der Waals surface area contributed by atoms with Crippen molar-refractivity contribution >= 4 is 33.7 Å². The van der Waals surface area contributed by atoms with Gasteiger partial charge in [-0.25, -0.2) is 18.2 Å². The fourth-order valence-corrected chi connectivity index (χ4v) is 4.75. The third-order valence-electron chi connectivity index (χ3n) is 5.00. The van der Waals surface area contributed by atoms with Crippen LogP contribution >= 0.6 is 11.6 Å². The van der Waals surface area contributed by atoms with E-state index in [4.69, 9.17) is 16.3 Å². The molecule has 1 N–H and O–H groups in total. The van der Waals surface area contributed by atoms with Crippen LogP contribution in [0.4, 0.5) is 4.39 Å². The largest absolute Gasteiger partial charge is 0.490 e. The minimum atomic E-state index is -4.17. The van der Waals surface area contributed by atoms with Gasteiger partial charge in [0.15, 0.2) is 0 Å². The van der Waals surface area contributed by atoms with Crippen LogP contribution in [0, 0.1) is 12.7 Å². The Kier molecular flexibility index (Phi) is 9.35. The highest BCUT2D eigenvalue weighted by molar-refractivity contribution is 7.89. The molecule has 0 aliphatic heterocycles. The molecule has 3 aromatic carbocycles. The predicted molar refractivity (Wildman–Crippen MR) is 138 cm³/mol. The Balaban J connectivity index is 1.79. The molecule has 3 aromatic rings. The number of carbonyl (C=O) groups is 1. The van der Waals surface area contributed by atoms with E-state index in [1.54, 1.807) is 42.5 Å². The van der Waals surface area contributed by atoms with Crippen LogP contribution in [0.15, 0.2) is 89.4 Å². The average molecular weight is 530 g/mol. The predicted octanol–water partition coefficient (Wildman–Crippen LogP) is 4.69. The SMILES string of the molecule is C=CCOc1cccc(/C=N\NC(=O)CN(Cc2c(F)cccc2Cl)S(=O)(=O)c2ccc(C)cc2)c1. The lowest BCUT2D eigenvalue weighted by atomic mass is 10.2. The van der Waals surface area contributed by atoms with Crippen LogP contribution in [0.5, 0.6) is 5.75 Å². The zero-order chi connectivity index (χ0) is 26.1. The van der Waals surface area contributed by atoms with Crippen molar-refractivity contribution in [3.63, 3.8) is 0 Å². The van der Waals surface area contributed by atoms with Gasteiger partial charge < -0.3 is 4.74 Å². The minimum Gasteiger partial charge on any atom is -0.490 e. The van der Waals surface area contributed by atoms with E-state index >= 15 is 0 Å². The Labute approximate surface area is 214 Å². The van der Waals surface area contributed by atoms with Gasteiger partial charge in [0, 0.05) is 17.1 Å². The number of benzene rings is 3. The van der Waals surface area contributed by atoms with Gasteiger partial charge in [-0.2, -0.15) is 9.41 Å². The summed E-state index contributed by atoms with van der Waals surface area (Å²) in [5.41, 5.74) is 3.79. The first-order valence-corrected chi connectivity index (χ1v) is 12.7. The highest BCUT2D eigenvalue weighted by Gasteiger charge is 2.28. The van der Waals surface area contributed by atoms with E-state index < -0.39 is 34.8 Å². The lowest BCUT2D eigenvalue weighted by Gasteiger charge is -2.22. The van der Waals surface area contributed by atoms with E-state index in [0.29, 0.717) is 17.9 Å². The summed E-state index contributed by atoms with van der Waals surface area (Å²) in [5.74, 6) is -0.792. The number of hydrogen-bond acceptors (Lipinski definition) is 5. The first-order chi connectivity index (χ1) is 17.2. The number of sulfonamides is 1. The molecule has 0 bridgehead atoms. The van der Waals surface area contributed by atoms with Crippen LogP contribution in [-0.2, 0) is 21.4 Å². The van der Waals surface area contributed by atoms with Gasteiger partial charge in [0.05, 0.1) is 17.7 Å². The molecule has 0 saturated heterocycles. The van der Waals surface area contributed by atoms with Crippen LogP contribution < -0.4 is 10.2 Å². The maximum atomic E-state index is 14.4. The van der Waals surface area contributed by atoms with Crippen LogP contribution in [0.2, 0.25) is 5.02 Å². The number of carbonyl (C=O) groups excluding carboxylic acids is 1. The second kappa shape index (κ2) is 12.4. The molecule has 188 valence electrons. The van der Waals surface area contributed by atoms with Crippen LogP contribution in [0.1, 0.15) is 16.7 Å². The summed E-state index contributed by atoms with van der Waals surface area (Å²) in [6.07, 6.45) is 3.01. The minimum absolute atomic E-state index is 0.0341. The molecular weight excluding hydrogens is 505 g/mol. The Hall–Kier alpha value is -3.53. The Bertz CT molecular complexity index is 1340. The van der Waals surface area contributed by atoms with Crippen LogP contribution in [0.25, 0.3) is 0 Å². The van der Waals surface area contributed by atoms with E-state index in [1.807, 2.05) is 6.92 Å². The number of aryl methyl sites for hydroxylation is 1. The standard InChI is InChI=1S/C26H25ClFN3O4S/c1-3-14-35-21-7-4-6-20(15-21)16-29-30-26(32)18-31(17-23-24(27)8-5-9-25(23)28)36(33,34)22-12-10-19(2)11-13-22/h3-13,15-16H,1,14,17-18H2,2H3,(H,30,32)/b29-16-. The summed E-state index contributed by atoms with van der Waals surface area (Å²) in [4.78, 5) is 12.6. The summed E-state index contributed by atoms with van der Waals surface area (Å²) in [6, 6.07) is 17.2. The number of amides is 1. The lowest BCUT2D eigenvalue weighted by Crippen LogP contribution is -2.39. The fourth-order valence-electron chi connectivity index (χ4n) is 3.16. The Morgan fingerprint density at radius 1 is 1.17 bits per heavy atom. The smallest absolute Gasteiger partial charge is 0.255 e. The van der Waals surface area contributed by atoms with Crippen molar-refractivity contribution in [3.8, 4) is 5.75 Å². The molecule has 0 heterocycles. The zero-order valence-electron chi connectivity index (χ0n) is 19.5. The highest BCUT2D eigenvalue weighted by atomic mass is 35.5. The van der Waals surface area contributed by atoms with Crippen molar-refractivity contribution in [2.75, 3.05) is 13.2 Å². The van der Waals surface area contributed by atoms with E-state index in [1.165, 1.54) is 36.5 Å². The molecule has 0 aliphatic carbocycles. The van der Waals surface area contributed by atoms with E-state index in [9.17, 15) is 17.6 Å². The van der Waals surface area contributed by atoms with Crippen molar-refractivity contribution in [3.05, 3.63) is 107 Å². The Morgan fingerprint density at radius 3 is 2.58 bits per heavy atom. The number of rotatable bonds is 11. The molecule has 1 amide bonds. The molecule has 0 aliphatic rings. The van der Waals surface area contributed by atoms with Crippen molar-refractivity contribution < 1.29 is 22.3 Å². The quantitative estimate of drug-likeness (QED) is 0.222. The summed E-state index contributed by atoms with van der Waals surface area (Å²) in [6.45, 7) is 4.70. The maximum Gasteiger partial charge on any atom is 0.255 e. The monoisotopic (exact) mass is 529 g/mol. The number of nitrogens with one attached hydrogen (secondary N) is 1. The number of halogens is 2. The first kappa shape index (κ1) is 27.1. The number of hydrazone groups is 1. The second-order valence-corrected chi connectivity index (χ2v) is 10.1. The van der Waals surface area contributed by atoms with Gasteiger partial charge in [0.2, 0.25) is 10.0 Å². The molecule has 7 nitrogen and oxygen atoms in total. The third kappa shape index (κ3) is 7.24. The summed E-state index contributed by atoms with van der Waals surface area (Å²) in [7, 11) is -4.17. The van der Waals surface area contributed by atoms with Gasteiger partial charge in [-0.3, -0.25) is 4.79 Å². The molecule has 0 fully saturated rings. The van der Waals surface area contributed by atoms with Gasteiger partial charge >= 0.3 is 0 Å². The first-order valence-electron chi connectivity index (χ1n) is 10.9. The molecule has 0 saturated carbocycles. The number of nitrogens with zero attached hydrogens (tertiary/aromatic N) is 2. The Morgan fingerprint density at radius 2 is 1.89 bits per heavy atom. The number of ether oxygens (including phenoxy) is 1. The van der Waals surface area contributed by atoms with E-state index in [0.717, 1.165) is 9.87 Å². The molecular formula is C26H25ClFN3O4S. The topological polar surface area (TPSA) is 88.1 Å². The van der Waals surface area contributed by atoms with Crippen LogP contribution in [0.3, 0.4) is 0 Å². The van der Waals surface area contributed by atoms with Gasteiger partial charge in [-0.1, -0.05) is 60.2 Å². The van der Waals surface area contributed by atoms with Crippen molar-refractivity contribution in [1.29, 1.82) is 0 Å². The van der Waals surface area contributed by atoms with Crippen molar-refractivity contribution in [2.45, 2.75) is 18.4 Å². The second-order valence-electron chi connectivity index (χ2n) is 7.75. The van der Waals surface area contributed by atoms with E-state index in [-0.39, 0.29) is 15.5 Å². The molecule has 0 unspecified atom stereocenters. The van der Waals surface area contributed by atoms with Gasteiger partial charge in [0.25, 0.3) is 5.91 Å². The van der Waals surface area contributed by atoms with Crippen molar-refractivity contribution in [2.24, 2.45) is 5.10 Å². The zero-order valence-corrected chi connectivity index (χ0v) is 21.1. The molecule has 0 atom stereocenters. The lowest BCUT2D eigenvalue weighted by molar-refractivity contribution is -0.121. The molecule has 3 rings (SSSR count). The fraction of sp³-hybridized carbons (Fsp3) is 0.154. The third-order valence-corrected chi connectivity index (χ3v) is 7.16. The molecule has 10 heteroatoms. The van der Waals surface area contributed by atoms with Crippen molar-refractivity contribution in [1.82, 2.24) is 9.73 Å². The molecule has 0 aromatic heterocycles. The van der Waals surface area contributed by atoms with Gasteiger partial charge in [0.1, 0.15) is 18.2 Å². The summed E-state index contributed by atoms with van der Waals surface area (Å²) >= 11 is 6.12. The summed E-state index contributed by atoms with van der Waals surface area (Å²) < 4.78 is 47.5. The molecule has 0 spiro atoms. The molecule has 36 heavy (non-hydrogen) atoms. The highest BCUT2D eigenvalue weighted by Crippen LogP contribution is 2.24. The molecule has 0 radical (unpaired) electrons. The summed E-state index contributed by atoms with van der Waals surface area (Å²) in [5, 5.41) is 3.95. The normalized spacial score (nSPS) is 11.6. The van der Waals surface area contributed by atoms with Gasteiger partial charge in [-0.15, -0.1) is 0 Å².